The summed E-state index contributed by atoms with van der Waals surface area (Å²) in [7, 11) is -3.46. The molecule has 40 heavy (non-hydrogen) atoms. The zero-order chi connectivity index (χ0) is 27.9. The van der Waals surface area contributed by atoms with E-state index >= 15 is 4.39 Å². The predicted octanol–water partition coefficient (Wildman–Crippen LogP) is 6.82. The van der Waals surface area contributed by atoms with Crippen LogP contribution in [-0.2, 0) is 10.0 Å². The second-order valence-corrected chi connectivity index (χ2v) is 11.7. The fourth-order valence-corrected chi connectivity index (χ4v) is 5.57. The second-order valence-electron chi connectivity index (χ2n) is 9.49. The highest BCUT2D eigenvalue weighted by Crippen LogP contribution is 2.39. The summed E-state index contributed by atoms with van der Waals surface area (Å²) in [5.41, 5.74) is 4.44. The van der Waals surface area contributed by atoms with Crippen molar-refractivity contribution >= 4 is 49.9 Å². The molecule has 0 saturated carbocycles. The Morgan fingerprint density at radius 3 is 2.42 bits per heavy atom. The van der Waals surface area contributed by atoms with E-state index in [1.54, 1.807) is 47.5 Å². The number of anilines is 2. The Morgan fingerprint density at radius 1 is 0.900 bits per heavy atom. The van der Waals surface area contributed by atoms with Gasteiger partial charge in [-0.3, -0.25) is 4.72 Å². The topological polar surface area (TPSA) is 87.5 Å². The van der Waals surface area contributed by atoms with Crippen molar-refractivity contribution in [2.45, 2.75) is 12.5 Å². The van der Waals surface area contributed by atoms with E-state index in [4.69, 9.17) is 26.7 Å². The Kier molecular flexibility index (Phi) is 6.69. The fraction of sp³-hybridized carbons (Fsp3) is 0.100. The molecule has 4 aromatic carbocycles. The monoisotopic (exact) mass is 571 g/mol. The molecule has 6 rings (SSSR count). The summed E-state index contributed by atoms with van der Waals surface area (Å²) in [6.07, 6.45) is 1.45. The average molecular weight is 572 g/mol. The van der Waals surface area contributed by atoms with Gasteiger partial charge >= 0.3 is 0 Å². The smallest absolute Gasteiger partial charge is 0.247 e. The minimum atomic E-state index is -3.46. The molecule has 0 saturated heterocycles. The van der Waals surface area contributed by atoms with Crippen LogP contribution in [0.3, 0.4) is 0 Å². The number of nitrogens with zero attached hydrogens (tertiary/aromatic N) is 4. The molecule has 0 fully saturated rings. The lowest BCUT2D eigenvalue weighted by atomic mass is 9.98. The third-order valence-electron chi connectivity index (χ3n) is 6.57. The van der Waals surface area contributed by atoms with Crippen molar-refractivity contribution in [3.8, 4) is 11.3 Å². The highest BCUT2D eigenvalue weighted by molar-refractivity contribution is 7.92. The van der Waals surface area contributed by atoms with E-state index in [-0.39, 0.29) is 5.82 Å². The summed E-state index contributed by atoms with van der Waals surface area (Å²) >= 11 is 6.33. The highest BCUT2D eigenvalue weighted by atomic mass is 35.5. The quantitative estimate of drug-likeness (QED) is 0.242. The number of hydrazone groups is 1. The fourth-order valence-electron chi connectivity index (χ4n) is 4.84. The van der Waals surface area contributed by atoms with E-state index in [2.05, 4.69) is 4.72 Å². The van der Waals surface area contributed by atoms with Crippen LogP contribution in [0, 0.1) is 5.82 Å². The minimum Gasteiger partial charge on any atom is -0.284 e. The third-order valence-corrected chi connectivity index (χ3v) is 7.41. The minimum absolute atomic E-state index is 0.308. The number of hydrogen-bond acceptors (Lipinski definition) is 6. The van der Waals surface area contributed by atoms with E-state index in [0.717, 1.165) is 17.2 Å². The van der Waals surface area contributed by atoms with E-state index in [1.165, 1.54) is 6.07 Å². The van der Waals surface area contributed by atoms with Crippen molar-refractivity contribution in [3.05, 3.63) is 119 Å². The van der Waals surface area contributed by atoms with Crippen molar-refractivity contribution in [3.63, 3.8) is 0 Å². The lowest BCUT2D eigenvalue weighted by Crippen LogP contribution is -2.22. The molecule has 1 aromatic heterocycles. The van der Waals surface area contributed by atoms with Gasteiger partial charge in [0.15, 0.2) is 0 Å². The summed E-state index contributed by atoms with van der Waals surface area (Å²) < 4.78 is 41.3. The first-order valence-electron chi connectivity index (χ1n) is 12.5. The third kappa shape index (κ3) is 5.25. The van der Waals surface area contributed by atoms with Gasteiger partial charge in [-0.1, -0.05) is 72.3 Å². The Hall–Kier alpha value is -4.34. The van der Waals surface area contributed by atoms with Crippen molar-refractivity contribution in [2.24, 2.45) is 5.10 Å². The van der Waals surface area contributed by atoms with Crippen molar-refractivity contribution < 1.29 is 12.8 Å². The number of fused-ring (bicyclic) bond motifs is 1. The van der Waals surface area contributed by atoms with Crippen LogP contribution in [-0.4, -0.2) is 30.4 Å². The number of hydrogen-bond donors (Lipinski definition) is 1. The summed E-state index contributed by atoms with van der Waals surface area (Å²) in [5, 5.41) is 7.87. The molecule has 1 atom stereocenters. The molecule has 0 aliphatic carbocycles. The van der Waals surface area contributed by atoms with Gasteiger partial charge < -0.3 is 0 Å². The second kappa shape index (κ2) is 10.3. The number of nitrogens with one attached hydrogen (secondary N) is 1. The molecule has 0 radical (unpaired) electrons. The summed E-state index contributed by atoms with van der Waals surface area (Å²) in [6.45, 7) is 0. The molecule has 0 amide bonds. The Labute approximate surface area is 236 Å². The van der Waals surface area contributed by atoms with Crippen LogP contribution >= 0.6 is 11.6 Å². The first-order chi connectivity index (χ1) is 19.2. The van der Waals surface area contributed by atoms with Crippen molar-refractivity contribution in [2.75, 3.05) is 16.0 Å². The molecule has 1 aliphatic rings. The molecule has 0 unspecified atom stereocenters. The van der Waals surface area contributed by atoms with Crippen LogP contribution in [0.15, 0.2) is 102 Å². The zero-order valence-corrected chi connectivity index (χ0v) is 22.9. The molecule has 0 bridgehead atoms. The van der Waals surface area contributed by atoms with Gasteiger partial charge in [-0.25, -0.2) is 27.8 Å². The maximum absolute atomic E-state index is 15.1. The van der Waals surface area contributed by atoms with E-state index in [0.29, 0.717) is 51.1 Å². The Bertz CT molecular complexity index is 1880. The maximum Gasteiger partial charge on any atom is 0.247 e. The molecule has 0 spiro atoms. The highest BCUT2D eigenvalue weighted by Gasteiger charge is 2.34. The molecule has 1 N–H and O–H groups in total. The van der Waals surface area contributed by atoms with Crippen LogP contribution in [0.1, 0.15) is 23.6 Å². The molecular weight excluding hydrogens is 549 g/mol. The van der Waals surface area contributed by atoms with E-state index < -0.39 is 16.1 Å². The predicted molar refractivity (Wildman–Crippen MR) is 158 cm³/mol. The van der Waals surface area contributed by atoms with Gasteiger partial charge in [-0.05, 0) is 42.0 Å². The van der Waals surface area contributed by atoms with Crippen molar-refractivity contribution in [1.29, 1.82) is 0 Å². The van der Waals surface area contributed by atoms with Gasteiger partial charge in [0.25, 0.3) is 0 Å². The van der Waals surface area contributed by atoms with E-state index in [9.17, 15) is 8.42 Å². The lowest BCUT2D eigenvalue weighted by molar-refractivity contribution is 0.576. The summed E-state index contributed by atoms with van der Waals surface area (Å²) in [4.78, 5) is 9.75. The SMILES string of the molecule is CS(=O)(=O)Nc1cccc(C2=NN(c3nc(-c4ccccc4)c4cc(Cl)ccc4n3)[C@@H](c3ccccc3F)C2)c1. The van der Waals surface area contributed by atoms with Crippen LogP contribution in [0.2, 0.25) is 5.02 Å². The Morgan fingerprint density at radius 2 is 1.65 bits per heavy atom. The Balaban J connectivity index is 1.52. The van der Waals surface area contributed by atoms with Crippen LogP contribution in [0.25, 0.3) is 22.2 Å². The average Bonchev–Trinajstić information content (AvgIpc) is 3.38. The molecule has 2 heterocycles. The standard InChI is InChI=1S/C30H23ClFN5O2S/c1-40(38,39)36-22-11-7-10-20(16-22)27-18-28(23-12-5-6-13-25(23)32)37(35-27)30-33-26-15-14-21(31)17-24(26)29(34-30)19-8-3-2-4-9-19/h2-17,28,36H,18H2,1H3/t28-/m1/s1. The molecule has 5 aromatic rings. The van der Waals surface area contributed by atoms with Gasteiger partial charge in [0.1, 0.15) is 5.82 Å². The largest absolute Gasteiger partial charge is 0.284 e. The van der Waals surface area contributed by atoms with Gasteiger partial charge in [0, 0.05) is 33.6 Å². The summed E-state index contributed by atoms with van der Waals surface area (Å²) in [6, 6.07) is 28.1. The number of sulfonamides is 1. The van der Waals surface area contributed by atoms with Crippen molar-refractivity contribution in [1.82, 2.24) is 9.97 Å². The number of aromatic nitrogens is 2. The molecule has 200 valence electrons. The first-order valence-corrected chi connectivity index (χ1v) is 14.7. The van der Waals surface area contributed by atoms with Crippen LogP contribution in [0.5, 0.6) is 0 Å². The molecule has 7 nitrogen and oxygen atoms in total. The number of benzene rings is 4. The molecular formula is C30H23ClFN5O2S. The van der Waals surface area contributed by atoms with Gasteiger partial charge in [-0.15, -0.1) is 0 Å². The van der Waals surface area contributed by atoms with Crippen LogP contribution < -0.4 is 9.73 Å². The lowest BCUT2D eigenvalue weighted by Gasteiger charge is -2.23. The van der Waals surface area contributed by atoms with Gasteiger partial charge in [0.05, 0.1) is 29.2 Å². The van der Waals surface area contributed by atoms with Crippen LogP contribution in [0.4, 0.5) is 16.0 Å². The maximum atomic E-state index is 15.1. The number of rotatable bonds is 6. The molecule has 10 heteroatoms. The normalized spacial score (nSPS) is 15.3. The molecule has 1 aliphatic heterocycles. The van der Waals surface area contributed by atoms with Gasteiger partial charge in [-0.2, -0.15) is 5.10 Å². The zero-order valence-electron chi connectivity index (χ0n) is 21.3. The first kappa shape index (κ1) is 25.9. The summed E-state index contributed by atoms with van der Waals surface area (Å²) in [5.74, 6) is -0.0559. The van der Waals surface area contributed by atoms with E-state index in [1.807, 2.05) is 48.5 Å². The number of halogens is 2. The van der Waals surface area contributed by atoms with Gasteiger partial charge in [0.2, 0.25) is 16.0 Å².